The molecule has 2 aliphatic rings. The number of nitrogens with zero attached hydrogens (tertiary/aromatic N) is 5. The Balaban J connectivity index is 1.55. The monoisotopic (exact) mass is 589 g/mol. The normalized spacial score (nSPS) is 17.9. The minimum Gasteiger partial charge on any atom is -0.365 e. The molecule has 202 valence electrons. The van der Waals surface area contributed by atoms with E-state index in [-0.39, 0.29) is 27.7 Å². The summed E-state index contributed by atoms with van der Waals surface area (Å²) in [6, 6.07) is 3.91. The molecule has 8 nitrogen and oxygen atoms in total. The minimum atomic E-state index is -3.99. The highest BCUT2D eigenvalue weighted by atomic mass is 35.5. The maximum Gasteiger partial charge on any atom is 0.291 e. The van der Waals surface area contributed by atoms with Gasteiger partial charge in [0.1, 0.15) is 6.73 Å². The van der Waals surface area contributed by atoms with Crippen molar-refractivity contribution >= 4 is 51.9 Å². The van der Waals surface area contributed by atoms with Crippen LogP contribution in [0.1, 0.15) is 55.7 Å². The van der Waals surface area contributed by atoms with E-state index in [0.29, 0.717) is 17.5 Å². The third-order valence-electron chi connectivity index (χ3n) is 6.87. The van der Waals surface area contributed by atoms with Crippen LogP contribution in [0.5, 0.6) is 0 Å². The van der Waals surface area contributed by atoms with Crippen molar-refractivity contribution < 1.29 is 21.9 Å². The first-order chi connectivity index (χ1) is 17.3. The van der Waals surface area contributed by atoms with Crippen molar-refractivity contribution in [2.75, 3.05) is 13.3 Å². The number of aromatic nitrogens is 4. The summed E-state index contributed by atoms with van der Waals surface area (Å²) in [6.45, 7) is 9.09. The van der Waals surface area contributed by atoms with Gasteiger partial charge in [-0.05, 0) is 50.8 Å². The van der Waals surface area contributed by atoms with Gasteiger partial charge >= 0.3 is 0 Å². The molecule has 37 heavy (non-hydrogen) atoms. The standard InChI is InChI=1S/C23H30ClF2N5O3S2Si/c1-23(7-8-23)30(13-34-9-10-37(2,3)4)36(32,33)15-11-16(24)18-17(12-15)31(29-19(18)14-5-6-14)22-28-27-21(35-22)20(25)26/h11-12,14,20H,5-10,13H2,1-4H3. The first-order valence-electron chi connectivity index (χ1n) is 12.2. The molecular weight excluding hydrogens is 560 g/mol. The molecule has 0 unspecified atom stereocenters. The molecule has 2 aliphatic carbocycles. The smallest absolute Gasteiger partial charge is 0.291 e. The van der Waals surface area contributed by atoms with Crippen molar-refractivity contribution in [2.24, 2.45) is 0 Å². The molecule has 0 radical (unpaired) electrons. The lowest BCUT2D eigenvalue weighted by Crippen LogP contribution is -2.42. The molecule has 1 aromatic carbocycles. The molecule has 0 N–H and O–H groups in total. The molecule has 0 bridgehead atoms. The van der Waals surface area contributed by atoms with Crippen LogP contribution in [0, 0.1) is 0 Å². The molecule has 0 amide bonds. The summed E-state index contributed by atoms with van der Waals surface area (Å²) in [7, 11) is -5.32. The Morgan fingerprint density at radius 2 is 1.97 bits per heavy atom. The second-order valence-electron chi connectivity index (χ2n) is 11.3. The van der Waals surface area contributed by atoms with E-state index in [1.807, 2.05) is 6.92 Å². The fourth-order valence-corrected chi connectivity index (χ4v) is 7.69. The lowest BCUT2D eigenvalue weighted by atomic mass is 10.1. The van der Waals surface area contributed by atoms with Crippen LogP contribution in [0.4, 0.5) is 8.78 Å². The minimum absolute atomic E-state index is 0.00835. The van der Waals surface area contributed by atoms with E-state index in [1.165, 1.54) is 21.1 Å². The highest BCUT2D eigenvalue weighted by molar-refractivity contribution is 7.89. The number of halogens is 3. The number of hydrogen-bond donors (Lipinski definition) is 0. The van der Waals surface area contributed by atoms with Gasteiger partial charge in [0.05, 0.1) is 21.1 Å². The van der Waals surface area contributed by atoms with Crippen LogP contribution < -0.4 is 0 Å². The SMILES string of the molecule is CC1(N(COCC[Si](C)(C)C)S(=O)(=O)c2cc(Cl)c3c(C4CC4)nn(-c4nnc(C(F)F)s4)c3c2)CC1. The fraction of sp³-hybridized carbons (Fsp3) is 0.609. The molecule has 2 saturated carbocycles. The van der Waals surface area contributed by atoms with Gasteiger partial charge in [-0.15, -0.1) is 10.2 Å². The highest BCUT2D eigenvalue weighted by Gasteiger charge is 2.49. The van der Waals surface area contributed by atoms with E-state index >= 15 is 0 Å². The summed E-state index contributed by atoms with van der Waals surface area (Å²) in [5, 5.41) is 12.7. The third kappa shape index (κ3) is 5.48. The summed E-state index contributed by atoms with van der Waals surface area (Å²) in [5.74, 6) is 0.188. The summed E-state index contributed by atoms with van der Waals surface area (Å²) in [4.78, 5) is 0.00835. The second kappa shape index (κ2) is 9.59. The Hall–Kier alpha value is -1.51. The van der Waals surface area contributed by atoms with E-state index in [0.717, 1.165) is 48.8 Å². The molecule has 3 aromatic rings. The van der Waals surface area contributed by atoms with Crippen LogP contribution in [0.25, 0.3) is 16.0 Å². The Bertz CT molecular complexity index is 1430. The first-order valence-corrected chi connectivity index (χ1v) is 18.6. The van der Waals surface area contributed by atoms with Crippen molar-refractivity contribution in [3.63, 3.8) is 0 Å². The predicted octanol–water partition coefficient (Wildman–Crippen LogP) is 6.20. The molecule has 0 saturated heterocycles. The zero-order valence-electron chi connectivity index (χ0n) is 21.2. The van der Waals surface area contributed by atoms with Crippen molar-refractivity contribution in [3.8, 4) is 5.13 Å². The lowest BCUT2D eigenvalue weighted by Gasteiger charge is -2.28. The van der Waals surface area contributed by atoms with Gasteiger partial charge in [0.25, 0.3) is 6.43 Å². The average Bonchev–Trinajstić information content (AvgIpc) is 3.69. The van der Waals surface area contributed by atoms with Gasteiger partial charge in [-0.2, -0.15) is 9.40 Å². The Morgan fingerprint density at radius 1 is 1.27 bits per heavy atom. The summed E-state index contributed by atoms with van der Waals surface area (Å²) >= 11 is 7.42. The van der Waals surface area contributed by atoms with E-state index in [1.54, 1.807) is 0 Å². The van der Waals surface area contributed by atoms with Crippen molar-refractivity contribution in [2.45, 2.75) is 81.1 Å². The predicted molar refractivity (Wildman–Crippen MR) is 142 cm³/mol. The molecule has 2 aromatic heterocycles. The van der Waals surface area contributed by atoms with Crippen LogP contribution in [0.3, 0.4) is 0 Å². The van der Waals surface area contributed by atoms with Crippen LogP contribution in [-0.4, -0.2) is 59.7 Å². The Morgan fingerprint density at radius 3 is 2.54 bits per heavy atom. The van der Waals surface area contributed by atoms with Gasteiger partial charge in [0.15, 0.2) is 5.01 Å². The number of benzene rings is 1. The van der Waals surface area contributed by atoms with Crippen LogP contribution in [-0.2, 0) is 14.8 Å². The second-order valence-corrected chi connectivity index (χ2v) is 20.2. The molecular formula is C23H30ClF2N5O3S2Si. The van der Waals surface area contributed by atoms with E-state index in [9.17, 15) is 17.2 Å². The molecule has 14 heteroatoms. The fourth-order valence-electron chi connectivity index (χ4n) is 4.14. The lowest BCUT2D eigenvalue weighted by molar-refractivity contribution is 0.0591. The maximum absolute atomic E-state index is 13.9. The van der Waals surface area contributed by atoms with Gasteiger partial charge < -0.3 is 4.74 Å². The largest absolute Gasteiger partial charge is 0.365 e. The van der Waals surface area contributed by atoms with Crippen LogP contribution in [0.15, 0.2) is 17.0 Å². The number of ether oxygens (including phenoxy) is 1. The summed E-state index contributed by atoms with van der Waals surface area (Å²) in [6.07, 6.45) is 0.586. The van der Waals surface area contributed by atoms with Crippen LogP contribution in [0.2, 0.25) is 30.7 Å². The number of alkyl halides is 2. The molecule has 0 spiro atoms. The zero-order chi connectivity index (χ0) is 26.8. The van der Waals surface area contributed by atoms with Gasteiger partial charge in [-0.25, -0.2) is 21.9 Å². The van der Waals surface area contributed by atoms with E-state index in [4.69, 9.17) is 16.3 Å². The highest BCUT2D eigenvalue weighted by Crippen LogP contribution is 2.47. The van der Waals surface area contributed by atoms with Crippen molar-refractivity contribution in [1.29, 1.82) is 0 Å². The average molecular weight is 590 g/mol. The number of rotatable bonds is 11. The molecule has 2 fully saturated rings. The van der Waals surface area contributed by atoms with Gasteiger partial charge in [0.2, 0.25) is 15.2 Å². The first kappa shape index (κ1) is 27.1. The molecule has 0 aliphatic heterocycles. The zero-order valence-corrected chi connectivity index (χ0v) is 24.6. The Kier molecular flexibility index (Phi) is 7.02. The Labute approximate surface area is 225 Å². The number of sulfonamides is 1. The van der Waals surface area contributed by atoms with E-state index in [2.05, 4.69) is 34.9 Å². The number of fused-ring (bicyclic) bond motifs is 1. The van der Waals surface area contributed by atoms with Gasteiger partial charge in [-0.1, -0.05) is 42.6 Å². The third-order valence-corrected chi connectivity index (χ3v) is 11.7. The number of hydrogen-bond acceptors (Lipinski definition) is 7. The molecule has 2 heterocycles. The topological polar surface area (TPSA) is 90.2 Å². The van der Waals surface area contributed by atoms with Gasteiger partial charge in [-0.3, -0.25) is 0 Å². The van der Waals surface area contributed by atoms with Crippen molar-refractivity contribution in [3.05, 3.63) is 27.9 Å². The quantitative estimate of drug-likeness (QED) is 0.150. The van der Waals surface area contributed by atoms with E-state index < -0.39 is 35.1 Å². The molecule has 0 atom stereocenters. The van der Waals surface area contributed by atoms with Crippen LogP contribution >= 0.6 is 22.9 Å². The summed E-state index contributed by atoms with van der Waals surface area (Å²) < 4.78 is 63.0. The summed E-state index contributed by atoms with van der Waals surface area (Å²) in [5.41, 5.74) is 0.605. The molecule has 5 rings (SSSR count). The maximum atomic E-state index is 13.9. The van der Waals surface area contributed by atoms with Gasteiger partial charge in [0, 0.05) is 31.5 Å². The van der Waals surface area contributed by atoms with Crippen molar-refractivity contribution in [1.82, 2.24) is 24.3 Å².